The third kappa shape index (κ3) is 2.06. The molecule has 4 aliphatic carbocycles. The molecule has 0 aromatic carbocycles. The summed E-state index contributed by atoms with van der Waals surface area (Å²) in [5.74, 6) is 1.44. The first-order valence-corrected chi connectivity index (χ1v) is 9.48. The molecule has 3 nitrogen and oxygen atoms in total. The van der Waals surface area contributed by atoms with Crippen LogP contribution in [0.3, 0.4) is 0 Å². The topological polar surface area (TPSA) is 54.4 Å². The number of Topliss-reactive ketones (excluding diaryl/α,β-unsaturated/α-hetero) is 1. The molecule has 0 aromatic rings. The molecule has 4 aliphatic rings. The SMILES string of the molecule is C[C@]12CCC(=O)C=C1CC[C@@H]1C2=CC[C@]2(C)[C@@H](C(=O)CO)CC[C@@H]12. The molecule has 2 saturated carbocycles. The smallest absolute Gasteiger partial charge is 0.161 e. The minimum absolute atomic E-state index is 0.00996. The summed E-state index contributed by atoms with van der Waals surface area (Å²) in [6.45, 7) is 4.28. The highest BCUT2D eigenvalue weighted by Crippen LogP contribution is 2.64. The van der Waals surface area contributed by atoms with E-state index in [-0.39, 0.29) is 34.9 Å². The van der Waals surface area contributed by atoms with Crippen molar-refractivity contribution < 1.29 is 14.7 Å². The van der Waals surface area contributed by atoms with Crippen molar-refractivity contribution in [2.24, 2.45) is 28.6 Å². The van der Waals surface area contributed by atoms with E-state index in [0.717, 1.165) is 38.5 Å². The quantitative estimate of drug-likeness (QED) is 0.788. The number of rotatable bonds is 2. The molecule has 0 bridgehead atoms. The molecule has 24 heavy (non-hydrogen) atoms. The van der Waals surface area contributed by atoms with E-state index in [1.165, 1.54) is 5.57 Å². The van der Waals surface area contributed by atoms with Crippen molar-refractivity contribution >= 4 is 11.6 Å². The summed E-state index contributed by atoms with van der Waals surface area (Å²) in [7, 11) is 0. The number of hydrogen-bond donors (Lipinski definition) is 1. The third-order valence-corrected chi connectivity index (χ3v) is 7.88. The first kappa shape index (κ1) is 16.3. The first-order chi connectivity index (χ1) is 11.4. The van der Waals surface area contributed by atoms with E-state index in [1.807, 2.05) is 6.08 Å². The van der Waals surface area contributed by atoms with Crippen LogP contribution in [-0.2, 0) is 9.59 Å². The maximum absolute atomic E-state index is 12.2. The van der Waals surface area contributed by atoms with Crippen LogP contribution in [0.25, 0.3) is 0 Å². The molecule has 0 spiro atoms. The summed E-state index contributed by atoms with van der Waals surface area (Å²) >= 11 is 0. The summed E-state index contributed by atoms with van der Waals surface area (Å²) in [6.07, 6.45) is 11.0. The number of aliphatic hydroxyl groups excluding tert-OH is 1. The molecule has 1 N–H and O–H groups in total. The van der Waals surface area contributed by atoms with Gasteiger partial charge in [-0.25, -0.2) is 0 Å². The lowest BCUT2D eigenvalue weighted by molar-refractivity contribution is -0.129. The van der Waals surface area contributed by atoms with Gasteiger partial charge in [0.15, 0.2) is 11.6 Å². The van der Waals surface area contributed by atoms with E-state index >= 15 is 0 Å². The van der Waals surface area contributed by atoms with Gasteiger partial charge in [-0.1, -0.05) is 31.1 Å². The summed E-state index contributed by atoms with van der Waals surface area (Å²) in [6, 6.07) is 0. The highest BCUT2D eigenvalue weighted by Gasteiger charge is 2.57. The van der Waals surface area contributed by atoms with Crippen LogP contribution in [0.15, 0.2) is 23.3 Å². The van der Waals surface area contributed by atoms with Crippen molar-refractivity contribution in [3.8, 4) is 0 Å². The molecule has 5 atom stereocenters. The Morgan fingerprint density at radius 3 is 2.79 bits per heavy atom. The van der Waals surface area contributed by atoms with Crippen LogP contribution in [0.4, 0.5) is 0 Å². The molecule has 0 amide bonds. The number of ketones is 2. The Morgan fingerprint density at radius 2 is 2.04 bits per heavy atom. The number of hydrogen-bond acceptors (Lipinski definition) is 3. The Morgan fingerprint density at radius 1 is 1.25 bits per heavy atom. The van der Waals surface area contributed by atoms with Crippen molar-refractivity contribution in [3.05, 3.63) is 23.3 Å². The summed E-state index contributed by atoms with van der Waals surface area (Å²) < 4.78 is 0. The molecule has 0 heterocycles. The fourth-order valence-electron chi connectivity index (χ4n) is 6.49. The Hall–Kier alpha value is -1.22. The normalized spacial score (nSPS) is 44.1. The van der Waals surface area contributed by atoms with Gasteiger partial charge in [-0.05, 0) is 61.9 Å². The van der Waals surface area contributed by atoms with Crippen LogP contribution < -0.4 is 0 Å². The molecule has 0 saturated heterocycles. The summed E-state index contributed by atoms with van der Waals surface area (Å²) in [4.78, 5) is 24.1. The van der Waals surface area contributed by atoms with Crippen LogP contribution in [0.1, 0.15) is 58.8 Å². The zero-order chi connectivity index (χ0) is 17.1. The molecular formula is C21H28O3. The van der Waals surface area contributed by atoms with Crippen LogP contribution >= 0.6 is 0 Å². The molecular weight excluding hydrogens is 300 g/mol. The lowest BCUT2D eigenvalue weighted by atomic mass is 9.51. The molecule has 130 valence electrons. The molecule has 0 radical (unpaired) electrons. The van der Waals surface area contributed by atoms with Gasteiger partial charge in [-0.3, -0.25) is 9.59 Å². The van der Waals surface area contributed by atoms with Gasteiger partial charge in [-0.2, -0.15) is 0 Å². The first-order valence-electron chi connectivity index (χ1n) is 9.48. The average molecular weight is 328 g/mol. The van der Waals surface area contributed by atoms with Gasteiger partial charge in [-0.15, -0.1) is 0 Å². The largest absolute Gasteiger partial charge is 0.389 e. The van der Waals surface area contributed by atoms with Crippen molar-refractivity contribution in [2.45, 2.75) is 58.8 Å². The fourth-order valence-corrected chi connectivity index (χ4v) is 6.49. The second-order valence-corrected chi connectivity index (χ2v) is 8.84. The standard InChI is InChI=1S/C21H28O3/c1-20-9-7-14(23)11-13(20)3-4-15-16-5-6-18(19(24)12-22)21(16,2)10-8-17(15)20/h8,11,15-16,18,22H,3-7,9-10,12H2,1-2H3/t15-,16-,18+,20-,21-/m0/s1. The number of fused-ring (bicyclic) bond motifs is 5. The van der Waals surface area contributed by atoms with E-state index in [4.69, 9.17) is 0 Å². The maximum Gasteiger partial charge on any atom is 0.161 e. The zero-order valence-electron chi connectivity index (χ0n) is 14.8. The third-order valence-electron chi connectivity index (χ3n) is 7.88. The monoisotopic (exact) mass is 328 g/mol. The van der Waals surface area contributed by atoms with Gasteiger partial charge in [0.25, 0.3) is 0 Å². The van der Waals surface area contributed by atoms with E-state index in [2.05, 4.69) is 19.9 Å². The fraction of sp³-hybridized carbons (Fsp3) is 0.714. The molecule has 0 unspecified atom stereocenters. The molecule has 0 aromatic heterocycles. The zero-order valence-corrected chi connectivity index (χ0v) is 14.8. The predicted molar refractivity (Wildman–Crippen MR) is 92.3 cm³/mol. The predicted octanol–water partition coefficient (Wildman–Crippen LogP) is 3.62. The lowest BCUT2D eigenvalue weighted by Gasteiger charge is -2.53. The minimum Gasteiger partial charge on any atom is -0.389 e. The highest BCUT2D eigenvalue weighted by atomic mass is 16.3. The molecule has 4 rings (SSSR count). The Labute approximate surface area is 144 Å². The van der Waals surface area contributed by atoms with Gasteiger partial charge >= 0.3 is 0 Å². The van der Waals surface area contributed by atoms with Gasteiger partial charge in [0.05, 0.1) is 0 Å². The van der Waals surface area contributed by atoms with Gasteiger partial charge in [0.1, 0.15) is 6.61 Å². The van der Waals surface area contributed by atoms with Crippen molar-refractivity contribution in [1.29, 1.82) is 0 Å². The number of carbonyl (C=O) groups excluding carboxylic acids is 2. The highest BCUT2D eigenvalue weighted by molar-refractivity contribution is 5.92. The van der Waals surface area contributed by atoms with E-state index in [9.17, 15) is 14.7 Å². The van der Waals surface area contributed by atoms with Crippen molar-refractivity contribution in [3.63, 3.8) is 0 Å². The van der Waals surface area contributed by atoms with Crippen LogP contribution in [0.5, 0.6) is 0 Å². The van der Waals surface area contributed by atoms with E-state index < -0.39 is 0 Å². The molecule has 0 aliphatic heterocycles. The van der Waals surface area contributed by atoms with Crippen molar-refractivity contribution in [1.82, 2.24) is 0 Å². The Bertz CT molecular complexity index is 658. The Kier molecular flexibility index (Phi) is 3.65. The van der Waals surface area contributed by atoms with E-state index in [0.29, 0.717) is 18.3 Å². The van der Waals surface area contributed by atoms with Crippen LogP contribution in [0, 0.1) is 28.6 Å². The van der Waals surface area contributed by atoms with E-state index in [1.54, 1.807) is 5.57 Å². The van der Waals surface area contributed by atoms with Crippen LogP contribution in [0.2, 0.25) is 0 Å². The van der Waals surface area contributed by atoms with Gasteiger partial charge in [0.2, 0.25) is 0 Å². The number of aliphatic hydroxyl groups is 1. The molecule has 3 heteroatoms. The average Bonchev–Trinajstić information content (AvgIpc) is 2.92. The second kappa shape index (κ2) is 5.39. The second-order valence-electron chi connectivity index (χ2n) is 8.84. The Balaban J connectivity index is 1.72. The maximum atomic E-state index is 12.2. The minimum atomic E-state index is -0.319. The molecule has 2 fully saturated rings. The lowest BCUT2D eigenvalue weighted by Crippen LogP contribution is -2.45. The van der Waals surface area contributed by atoms with Crippen LogP contribution in [-0.4, -0.2) is 23.3 Å². The number of carbonyl (C=O) groups is 2. The summed E-state index contributed by atoms with van der Waals surface area (Å²) in [5, 5.41) is 9.35. The van der Waals surface area contributed by atoms with Gasteiger partial charge in [0, 0.05) is 17.8 Å². The van der Waals surface area contributed by atoms with Gasteiger partial charge < -0.3 is 5.11 Å². The summed E-state index contributed by atoms with van der Waals surface area (Å²) in [5.41, 5.74) is 2.96. The number of allylic oxidation sites excluding steroid dienone is 4. The van der Waals surface area contributed by atoms with Crippen molar-refractivity contribution in [2.75, 3.05) is 6.61 Å².